The summed E-state index contributed by atoms with van der Waals surface area (Å²) in [7, 11) is 0. The predicted molar refractivity (Wildman–Crippen MR) is 47.0 cm³/mol. The minimum absolute atomic E-state index is 0.0825. The van der Waals surface area contributed by atoms with Crippen LogP contribution in [-0.4, -0.2) is 30.0 Å². The molecule has 0 aliphatic carbocycles. The van der Waals surface area contributed by atoms with Crippen LogP contribution in [0.25, 0.3) is 0 Å². The summed E-state index contributed by atoms with van der Waals surface area (Å²) in [5, 5.41) is 4.27. The molecule has 0 radical (unpaired) electrons. The Kier molecular flexibility index (Phi) is 5.09. The molecule has 6 nitrogen and oxygen atoms in total. The molecule has 0 bridgehead atoms. The summed E-state index contributed by atoms with van der Waals surface area (Å²) in [5.41, 5.74) is 9.95. The fraction of sp³-hybridized carbons (Fsp3) is 0.400. The number of hydrogen-bond donors (Lipinski definition) is 4. The molecular weight excluding hydrogens is 180 g/mol. The van der Waals surface area contributed by atoms with Crippen molar-refractivity contribution >= 4 is 29.1 Å². The third kappa shape index (κ3) is 4.72. The highest BCUT2D eigenvalue weighted by atomic mass is 32.1. The number of carbonyl (C=O) groups is 2. The van der Waals surface area contributed by atoms with Crippen molar-refractivity contribution in [1.29, 1.82) is 0 Å². The van der Waals surface area contributed by atoms with Crippen molar-refractivity contribution in [3.8, 4) is 0 Å². The first-order valence-electron chi connectivity index (χ1n) is 3.14. The quantitative estimate of drug-likeness (QED) is 0.357. The third-order valence-corrected chi connectivity index (χ3v) is 1.08. The van der Waals surface area contributed by atoms with Crippen LogP contribution in [0.2, 0.25) is 0 Å². The first-order chi connectivity index (χ1) is 5.60. The van der Waals surface area contributed by atoms with Crippen molar-refractivity contribution in [2.24, 2.45) is 11.5 Å². The Hall–Kier alpha value is -1.05. The SMILES string of the molecule is NCC(=O)NC(=S)NC(=O)CN. The summed E-state index contributed by atoms with van der Waals surface area (Å²) in [6.07, 6.45) is 0. The molecule has 0 aromatic carbocycles. The number of thiocarbonyl (C=S) groups is 1. The zero-order valence-corrected chi connectivity index (χ0v) is 7.11. The van der Waals surface area contributed by atoms with E-state index in [4.69, 9.17) is 11.5 Å². The molecule has 0 saturated carbocycles. The number of nitrogens with two attached hydrogens (primary N) is 2. The highest BCUT2D eigenvalue weighted by molar-refractivity contribution is 7.80. The fourth-order valence-corrected chi connectivity index (χ4v) is 0.614. The van der Waals surface area contributed by atoms with E-state index >= 15 is 0 Å². The van der Waals surface area contributed by atoms with Crippen LogP contribution in [0.5, 0.6) is 0 Å². The van der Waals surface area contributed by atoms with Crippen LogP contribution in [0.1, 0.15) is 0 Å². The maximum absolute atomic E-state index is 10.6. The Morgan fingerprint density at radius 1 is 1.08 bits per heavy atom. The second kappa shape index (κ2) is 5.58. The molecule has 0 aliphatic rings. The second-order valence-electron chi connectivity index (χ2n) is 1.83. The molecule has 6 N–H and O–H groups in total. The van der Waals surface area contributed by atoms with Crippen molar-refractivity contribution in [3.63, 3.8) is 0 Å². The number of carbonyl (C=O) groups excluding carboxylic acids is 2. The van der Waals surface area contributed by atoms with E-state index in [1.54, 1.807) is 0 Å². The lowest BCUT2D eigenvalue weighted by atomic mass is 10.6. The van der Waals surface area contributed by atoms with Crippen molar-refractivity contribution in [3.05, 3.63) is 0 Å². The topological polar surface area (TPSA) is 110 Å². The van der Waals surface area contributed by atoms with Gasteiger partial charge >= 0.3 is 0 Å². The number of rotatable bonds is 2. The van der Waals surface area contributed by atoms with Crippen LogP contribution < -0.4 is 22.1 Å². The third-order valence-electron chi connectivity index (χ3n) is 0.877. The van der Waals surface area contributed by atoms with Crippen LogP contribution in [-0.2, 0) is 9.59 Å². The summed E-state index contributed by atoms with van der Waals surface area (Å²) in [5.74, 6) is -0.922. The Morgan fingerprint density at radius 3 is 1.67 bits per heavy atom. The zero-order valence-electron chi connectivity index (χ0n) is 6.29. The van der Waals surface area contributed by atoms with Gasteiger partial charge in [0.1, 0.15) is 0 Å². The van der Waals surface area contributed by atoms with E-state index in [0.29, 0.717) is 0 Å². The molecule has 0 fully saturated rings. The summed E-state index contributed by atoms with van der Waals surface area (Å²) in [6, 6.07) is 0. The lowest BCUT2D eigenvalue weighted by Crippen LogP contribution is -2.46. The van der Waals surface area contributed by atoms with E-state index in [-0.39, 0.29) is 18.2 Å². The molecule has 0 aromatic heterocycles. The molecule has 0 rings (SSSR count). The van der Waals surface area contributed by atoms with Crippen molar-refractivity contribution in [1.82, 2.24) is 10.6 Å². The fourth-order valence-electron chi connectivity index (χ4n) is 0.387. The van der Waals surface area contributed by atoms with Gasteiger partial charge in [-0.25, -0.2) is 0 Å². The van der Waals surface area contributed by atoms with Crippen molar-refractivity contribution in [2.75, 3.05) is 13.1 Å². The van der Waals surface area contributed by atoms with Gasteiger partial charge in [-0.3, -0.25) is 9.59 Å². The van der Waals surface area contributed by atoms with E-state index in [2.05, 4.69) is 22.9 Å². The molecule has 0 aliphatic heterocycles. The Morgan fingerprint density at radius 2 is 1.42 bits per heavy atom. The van der Waals surface area contributed by atoms with Gasteiger partial charge in [-0.1, -0.05) is 0 Å². The first-order valence-corrected chi connectivity index (χ1v) is 3.54. The van der Waals surface area contributed by atoms with Crippen LogP contribution in [0.15, 0.2) is 0 Å². The van der Waals surface area contributed by atoms with E-state index in [1.807, 2.05) is 0 Å². The van der Waals surface area contributed by atoms with Gasteiger partial charge in [-0.2, -0.15) is 0 Å². The summed E-state index contributed by atoms with van der Waals surface area (Å²) >= 11 is 4.56. The van der Waals surface area contributed by atoms with Gasteiger partial charge in [0.15, 0.2) is 5.11 Å². The standard InChI is InChI=1S/C5H10N4O2S/c6-1-3(10)8-5(12)9-4(11)2-7/h1-2,6-7H2,(H2,8,9,10,11,12). The van der Waals surface area contributed by atoms with Gasteiger partial charge in [0.05, 0.1) is 13.1 Å². The molecule has 0 aromatic rings. The normalized spacial score (nSPS) is 8.83. The van der Waals surface area contributed by atoms with Gasteiger partial charge in [-0.05, 0) is 12.2 Å². The maximum Gasteiger partial charge on any atom is 0.239 e. The molecule has 0 saturated heterocycles. The molecule has 0 spiro atoms. The van der Waals surface area contributed by atoms with E-state index in [9.17, 15) is 9.59 Å². The van der Waals surface area contributed by atoms with Gasteiger partial charge in [0.2, 0.25) is 11.8 Å². The van der Waals surface area contributed by atoms with Gasteiger partial charge in [0, 0.05) is 0 Å². The highest BCUT2D eigenvalue weighted by Crippen LogP contribution is 1.67. The van der Waals surface area contributed by atoms with Crippen LogP contribution >= 0.6 is 12.2 Å². The summed E-state index contributed by atoms with van der Waals surface area (Å²) in [4.78, 5) is 21.2. The maximum atomic E-state index is 10.6. The van der Waals surface area contributed by atoms with Crippen molar-refractivity contribution in [2.45, 2.75) is 0 Å². The van der Waals surface area contributed by atoms with Crippen LogP contribution in [0.3, 0.4) is 0 Å². The minimum Gasteiger partial charge on any atom is -0.322 e. The lowest BCUT2D eigenvalue weighted by molar-refractivity contribution is -0.118. The Balaban J connectivity index is 3.74. The minimum atomic E-state index is -0.461. The van der Waals surface area contributed by atoms with Crippen LogP contribution in [0.4, 0.5) is 0 Å². The molecule has 0 unspecified atom stereocenters. The predicted octanol–water partition coefficient (Wildman–Crippen LogP) is -2.58. The zero-order chi connectivity index (χ0) is 9.56. The average molecular weight is 190 g/mol. The monoisotopic (exact) mass is 190 g/mol. The van der Waals surface area contributed by atoms with Crippen molar-refractivity contribution < 1.29 is 9.59 Å². The highest BCUT2D eigenvalue weighted by Gasteiger charge is 2.04. The number of nitrogens with one attached hydrogen (secondary N) is 2. The van der Waals surface area contributed by atoms with Gasteiger partial charge in [0.25, 0.3) is 0 Å². The molecule has 7 heteroatoms. The lowest BCUT2D eigenvalue weighted by Gasteiger charge is -2.05. The smallest absolute Gasteiger partial charge is 0.239 e. The number of amides is 2. The molecule has 2 amide bonds. The molecule has 12 heavy (non-hydrogen) atoms. The first kappa shape index (κ1) is 11.0. The number of hydrogen-bond acceptors (Lipinski definition) is 5. The molecule has 0 atom stereocenters. The largest absolute Gasteiger partial charge is 0.322 e. The van der Waals surface area contributed by atoms with E-state index in [0.717, 1.165) is 0 Å². The second-order valence-corrected chi connectivity index (χ2v) is 2.24. The molecule has 0 heterocycles. The molecule has 68 valence electrons. The summed E-state index contributed by atoms with van der Waals surface area (Å²) in [6.45, 7) is -0.364. The van der Waals surface area contributed by atoms with E-state index < -0.39 is 11.8 Å². The van der Waals surface area contributed by atoms with Gasteiger partial charge in [-0.15, -0.1) is 0 Å². The van der Waals surface area contributed by atoms with E-state index in [1.165, 1.54) is 0 Å². The van der Waals surface area contributed by atoms with Gasteiger partial charge < -0.3 is 22.1 Å². The van der Waals surface area contributed by atoms with Crippen LogP contribution in [0, 0.1) is 0 Å². The Bertz CT molecular complexity index is 186. The molecular formula is C5H10N4O2S. The summed E-state index contributed by atoms with van der Waals surface area (Å²) < 4.78 is 0. The average Bonchev–Trinajstić information content (AvgIpc) is 2.03. The Labute approximate surface area is 74.7 Å².